The van der Waals surface area contributed by atoms with Crippen LogP contribution in [0.1, 0.15) is 32.3 Å². The van der Waals surface area contributed by atoms with Crippen LogP contribution in [0.25, 0.3) is 0 Å². The minimum atomic E-state index is 0.540. The van der Waals surface area contributed by atoms with Gasteiger partial charge in [-0.3, -0.25) is 0 Å². The van der Waals surface area contributed by atoms with Crippen molar-refractivity contribution in [3.63, 3.8) is 0 Å². The molecule has 0 heterocycles. The molecule has 19 heavy (non-hydrogen) atoms. The highest BCUT2D eigenvalue weighted by Gasteiger charge is 2.02. The molecule has 0 aliphatic heterocycles. The third-order valence-electron chi connectivity index (χ3n) is 3.06. The molecule has 1 rings (SSSR count). The zero-order valence-electron chi connectivity index (χ0n) is 12.8. The van der Waals surface area contributed by atoms with Gasteiger partial charge >= 0.3 is 0 Å². The molecule has 0 radical (unpaired) electrons. The van der Waals surface area contributed by atoms with Crippen molar-refractivity contribution >= 4 is 0 Å². The van der Waals surface area contributed by atoms with Crippen LogP contribution < -0.4 is 10.1 Å². The molecule has 0 bridgehead atoms. The van der Waals surface area contributed by atoms with Crippen LogP contribution >= 0.6 is 0 Å². The third kappa shape index (κ3) is 7.19. The van der Waals surface area contributed by atoms with E-state index < -0.39 is 0 Å². The Labute approximate surface area is 118 Å². The van der Waals surface area contributed by atoms with Crippen molar-refractivity contribution in [1.82, 2.24) is 10.2 Å². The molecule has 3 nitrogen and oxygen atoms in total. The van der Waals surface area contributed by atoms with Gasteiger partial charge in [0.2, 0.25) is 0 Å². The average Bonchev–Trinajstić information content (AvgIpc) is 2.41. The second-order valence-corrected chi connectivity index (χ2v) is 5.37. The van der Waals surface area contributed by atoms with Gasteiger partial charge in [-0.1, -0.05) is 19.1 Å². The van der Waals surface area contributed by atoms with Crippen molar-refractivity contribution in [2.24, 2.45) is 0 Å². The fraction of sp³-hybridized carbons (Fsp3) is 0.625. The van der Waals surface area contributed by atoms with Gasteiger partial charge in [0.15, 0.2) is 0 Å². The van der Waals surface area contributed by atoms with E-state index in [9.17, 15) is 0 Å². The Hall–Kier alpha value is -1.06. The standard InChI is InChI=1S/C16H28N2O/c1-5-12-19-16-8-6-15(7-9-16)13-17-14(2)10-11-18(3)4/h6-9,14,17H,5,10-13H2,1-4H3. The van der Waals surface area contributed by atoms with Crippen LogP contribution in [-0.4, -0.2) is 38.2 Å². The minimum Gasteiger partial charge on any atom is -0.494 e. The maximum atomic E-state index is 5.57. The monoisotopic (exact) mass is 264 g/mol. The van der Waals surface area contributed by atoms with Crippen LogP contribution in [0.3, 0.4) is 0 Å². The highest BCUT2D eigenvalue weighted by atomic mass is 16.5. The third-order valence-corrected chi connectivity index (χ3v) is 3.06. The second kappa shape index (κ2) is 8.94. The summed E-state index contributed by atoms with van der Waals surface area (Å²) in [5, 5.41) is 3.55. The largest absolute Gasteiger partial charge is 0.494 e. The lowest BCUT2D eigenvalue weighted by atomic mass is 10.2. The van der Waals surface area contributed by atoms with Crippen LogP contribution in [-0.2, 0) is 6.54 Å². The molecular formula is C16H28N2O. The molecule has 1 N–H and O–H groups in total. The first-order valence-corrected chi connectivity index (χ1v) is 7.21. The lowest BCUT2D eigenvalue weighted by molar-refractivity contribution is 0.317. The first-order valence-electron chi connectivity index (χ1n) is 7.21. The van der Waals surface area contributed by atoms with E-state index in [1.165, 1.54) is 12.0 Å². The Bertz CT molecular complexity index is 335. The van der Waals surface area contributed by atoms with Gasteiger partial charge in [0.1, 0.15) is 5.75 Å². The topological polar surface area (TPSA) is 24.5 Å². The van der Waals surface area contributed by atoms with Gasteiger partial charge in [0, 0.05) is 12.6 Å². The predicted octanol–water partition coefficient (Wildman–Crippen LogP) is 2.91. The van der Waals surface area contributed by atoms with Gasteiger partial charge in [0.25, 0.3) is 0 Å². The summed E-state index contributed by atoms with van der Waals surface area (Å²) in [5.41, 5.74) is 1.31. The summed E-state index contributed by atoms with van der Waals surface area (Å²) < 4.78 is 5.57. The number of rotatable bonds is 9. The summed E-state index contributed by atoms with van der Waals surface area (Å²) in [6, 6.07) is 8.92. The summed E-state index contributed by atoms with van der Waals surface area (Å²) in [6.45, 7) is 7.19. The molecule has 0 amide bonds. The van der Waals surface area contributed by atoms with Crippen LogP contribution in [0.2, 0.25) is 0 Å². The predicted molar refractivity (Wildman–Crippen MR) is 81.7 cm³/mol. The molecular weight excluding hydrogens is 236 g/mol. The van der Waals surface area contributed by atoms with E-state index in [-0.39, 0.29) is 0 Å². The van der Waals surface area contributed by atoms with Crippen LogP contribution in [0.4, 0.5) is 0 Å². The molecule has 1 unspecified atom stereocenters. The summed E-state index contributed by atoms with van der Waals surface area (Å²) in [5.74, 6) is 0.964. The van der Waals surface area contributed by atoms with Crippen molar-refractivity contribution in [3.8, 4) is 5.75 Å². The van der Waals surface area contributed by atoms with Crippen molar-refractivity contribution in [1.29, 1.82) is 0 Å². The first-order chi connectivity index (χ1) is 9.11. The summed E-state index contributed by atoms with van der Waals surface area (Å²) in [7, 11) is 4.23. The molecule has 0 aliphatic carbocycles. The van der Waals surface area contributed by atoms with Crippen molar-refractivity contribution in [3.05, 3.63) is 29.8 Å². The average molecular weight is 264 g/mol. The van der Waals surface area contributed by atoms with E-state index >= 15 is 0 Å². The Morgan fingerprint density at radius 3 is 2.47 bits per heavy atom. The summed E-state index contributed by atoms with van der Waals surface area (Å²) in [4.78, 5) is 2.22. The SMILES string of the molecule is CCCOc1ccc(CNC(C)CCN(C)C)cc1. The van der Waals surface area contributed by atoms with E-state index in [2.05, 4.69) is 62.4 Å². The Balaban J connectivity index is 2.29. The highest BCUT2D eigenvalue weighted by molar-refractivity contribution is 5.27. The highest BCUT2D eigenvalue weighted by Crippen LogP contribution is 2.12. The van der Waals surface area contributed by atoms with Crippen molar-refractivity contribution in [2.45, 2.75) is 39.3 Å². The van der Waals surface area contributed by atoms with Crippen LogP contribution in [0, 0.1) is 0 Å². The molecule has 3 heteroatoms. The number of hydrogen-bond acceptors (Lipinski definition) is 3. The number of hydrogen-bond donors (Lipinski definition) is 1. The second-order valence-electron chi connectivity index (χ2n) is 5.37. The van der Waals surface area contributed by atoms with E-state index in [0.29, 0.717) is 6.04 Å². The van der Waals surface area contributed by atoms with E-state index in [4.69, 9.17) is 4.74 Å². The molecule has 0 fully saturated rings. The smallest absolute Gasteiger partial charge is 0.119 e. The molecule has 108 valence electrons. The van der Waals surface area contributed by atoms with Gasteiger partial charge in [-0.15, -0.1) is 0 Å². The Morgan fingerprint density at radius 1 is 1.21 bits per heavy atom. The number of ether oxygens (including phenoxy) is 1. The normalized spacial score (nSPS) is 12.7. The zero-order chi connectivity index (χ0) is 14.1. The molecule has 0 aromatic heterocycles. The number of benzene rings is 1. The maximum Gasteiger partial charge on any atom is 0.119 e. The molecule has 1 aromatic rings. The van der Waals surface area contributed by atoms with Gasteiger partial charge < -0.3 is 15.0 Å². The fourth-order valence-electron chi connectivity index (χ4n) is 1.77. The number of nitrogens with one attached hydrogen (secondary N) is 1. The molecule has 0 aliphatic rings. The van der Waals surface area contributed by atoms with Gasteiger partial charge in [-0.05, 0) is 58.1 Å². The zero-order valence-corrected chi connectivity index (χ0v) is 12.8. The van der Waals surface area contributed by atoms with Gasteiger partial charge in [-0.25, -0.2) is 0 Å². The maximum absolute atomic E-state index is 5.57. The quantitative estimate of drug-likeness (QED) is 0.742. The summed E-state index contributed by atoms with van der Waals surface area (Å²) >= 11 is 0. The van der Waals surface area contributed by atoms with Gasteiger partial charge in [0.05, 0.1) is 6.61 Å². The van der Waals surface area contributed by atoms with E-state index in [1.807, 2.05) is 0 Å². The molecule has 0 saturated carbocycles. The number of nitrogens with zero attached hydrogens (tertiary/aromatic N) is 1. The van der Waals surface area contributed by atoms with Crippen LogP contribution in [0.15, 0.2) is 24.3 Å². The van der Waals surface area contributed by atoms with Crippen LogP contribution in [0.5, 0.6) is 5.75 Å². The van der Waals surface area contributed by atoms with E-state index in [1.54, 1.807) is 0 Å². The minimum absolute atomic E-state index is 0.540. The molecule has 0 spiro atoms. The van der Waals surface area contributed by atoms with Crippen molar-refractivity contribution in [2.75, 3.05) is 27.2 Å². The Morgan fingerprint density at radius 2 is 1.89 bits per heavy atom. The molecule has 0 saturated heterocycles. The molecule has 1 aromatic carbocycles. The van der Waals surface area contributed by atoms with E-state index in [0.717, 1.165) is 31.9 Å². The summed E-state index contributed by atoms with van der Waals surface area (Å²) in [6.07, 6.45) is 2.22. The lowest BCUT2D eigenvalue weighted by Gasteiger charge is -2.16. The Kier molecular flexibility index (Phi) is 7.53. The van der Waals surface area contributed by atoms with Crippen molar-refractivity contribution < 1.29 is 4.74 Å². The van der Waals surface area contributed by atoms with Gasteiger partial charge in [-0.2, -0.15) is 0 Å². The molecule has 1 atom stereocenters. The first kappa shape index (κ1) is 16.0. The fourth-order valence-corrected chi connectivity index (χ4v) is 1.77. The lowest BCUT2D eigenvalue weighted by Crippen LogP contribution is -2.29.